The Morgan fingerprint density at radius 2 is 2.14 bits per heavy atom. The van der Waals surface area contributed by atoms with Gasteiger partial charge >= 0.3 is 0 Å². The van der Waals surface area contributed by atoms with E-state index in [1.165, 1.54) is 0 Å². The monoisotopic (exact) mass is 303 g/mol. The maximum Gasteiger partial charge on any atom is 0.187 e. The van der Waals surface area contributed by atoms with Crippen molar-refractivity contribution in [1.29, 1.82) is 0 Å². The average Bonchev–Trinajstić information content (AvgIpc) is 2.88. The molecule has 2 aromatic rings. The van der Waals surface area contributed by atoms with Gasteiger partial charge in [-0.2, -0.15) is 0 Å². The molecule has 0 aromatic carbocycles. The highest BCUT2D eigenvalue weighted by Gasteiger charge is 2.19. The third kappa shape index (κ3) is 4.04. The van der Waals surface area contributed by atoms with Gasteiger partial charge < -0.3 is 9.64 Å². The lowest BCUT2D eigenvalue weighted by molar-refractivity contribution is 0.0493. The molecule has 0 fully saturated rings. The molecule has 2 heterocycles. The second-order valence-electron chi connectivity index (χ2n) is 5.60. The van der Waals surface area contributed by atoms with Gasteiger partial charge in [0.2, 0.25) is 0 Å². The number of hydrogen-bond acceptors (Lipinski definition) is 5. The second-order valence-corrected chi connectivity index (χ2v) is 6.61. The zero-order chi connectivity index (χ0) is 15.5. The summed E-state index contributed by atoms with van der Waals surface area (Å²) in [6, 6.07) is 3.92. The van der Waals surface area contributed by atoms with Gasteiger partial charge in [-0.1, -0.05) is 11.3 Å². The minimum atomic E-state index is -0.263. The van der Waals surface area contributed by atoms with Gasteiger partial charge in [-0.25, -0.2) is 4.98 Å². The van der Waals surface area contributed by atoms with Gasteiger partial charge in [0.25, 0.3) is 0 Å². The van der Waals surface area contributed by atoms with Crippen LogP contribution in [0.5, 0.6) is 0 Å². The highest BCUT2D eigenvalue weighted by Crippen LogP contribution is 2.32. The lowest BCUT2D eigenvalue weighted by atomic mass is 10.2. The van der Waals surface area contributed by atoms with E-state index in [9.17, 15) is 0 Å². The number of hydrogen-bond donors (Lipinski definition) is 0. The van der Waals surface area contributed by atoms with Crippen LogP contribution < -0.4 is 4.90 Å². The normalized spacial score (nSPS) is 11.2. The van der Waals surface area contributed by atoms with E-state index in [1.807, 2.05) is 50.2 Å². The number of nitrogens with zero attached hydrogens (tertiary/aromatic N) is 3. The Hall–Kier alpha value is -1.88. The zero-order valence-corrected chi connectivity index (χ0v) is 13.8. The van der Waals surface area contributed by atoms with Gasteiger partial charge in [-0.15, -0.1) is 0 Å². The molecule has 0 saturated carbocycles. The third-order valence-electron chi connectivity index (χ3n) is 2.71. The number of ether oxygens (including phenoxy) is 1. The molecule has 0 atom stereocenters. The predicted octanol–water partition coefficient (Wildman–Crippen LogP) is 4.32. The average molecular weight is 303 g/mol. The third-order valence-corrected chi connectivity index (χ3v) is 3.78. The van der Waals surface area contributed by atoms with Crippen molar-refractivity contribution >= 4 is 16.3 Å². The van der Waals surface area contributed by atoms with Crippen LogP contribution in [-0.4, -0.2) is 22.1 Å². The minimum absolute atomic E-state index is 0.263. The van der Waals surface area contributed by atoms with Crippen LogP contribution in [0.2, 0.25) is 0 Å². The van der Waals surface area contributed by atoms with Gasteiger partial charge in [0.15, 0.2) is 5.88 Å². The molecule has 0 spiro atoms. The fraction of sp³-hybridized carbons (Fsp3) is 0.375. The first kappa shape index (κ1) is 15.5. The molecule has 0 unspecified atom stereocenters. The first-order chi connectivity index (χ1) is 9.90. The van der Waals surface area contributed by atoms with Crippen molar-refractivity contribution in [2.24, 2.45) is 0 Å². The lowest BCUT2D eigenvalue weighted by Crippen LogP contribution is -2.28. The van der Waals surface area contributed by atoms with Gasteiger partial charge in [-0.3, -0.25) is 4.98 Å². The standard InChI is InChI=1S/C16H21N3OS/c1-6-19(12(2)20-16(3,4)5)14-11-18-15(21-14)13-8-7-9-17-10-13/h7-11H,2,6H2,1,3-5H3. The number of aromatic nitrogens is 2. The summed E-state index contributed by atoms with van der Waals surface area (Å²) in [5.74, 6) is 0.645. The van der Waals surface area contributed by atoms with Crippen LogP contribution >= 0.6 is 11.3 Å². The molecule has 21 heavy (non-hydrogen) atoms. The summed E-state index contributed by atoms with van der Waals surface area (Å²) in [4.78, 5) is 10.6. The molecule has 112 valence electrons. The van der Waals surface area contributed by atoms with E-state index >= 15 is 0 Å². The quantitative estimate of drug-likeness (QED) is 0.771. The smallest absolute Gasteiger partial charge is 0.187 e. The summed E-state index contributed by atoms with van der Waals surface area (Å²) in [6.45, 7) is 12.9. The van der Waals surface area contributed by atoms with E-state index in [4.69, 9.17) is 4.74 Å². The molecule has 0 saturated heterocycles. The second kappa shape index (κ2) is 6.26. The fourth-order valence-corrected chi connectivity index (χ4v) is 2.87. The maximum atomic E-state index is 5.86. The molecule has 4 nitrogen and oxygen atoms in total. The molecular weight excluding hydrogens is 282 g/mol. The Balaban J connectivity index is 2.20. The Kier molecular flexibility index (Phi) is 4.63. The van der Waals surface area contributed by atoms with Crippen LogP contribution in [-0.2, 0) is 4.74 Å². The molecule has 0 aliphatic rings. The van der Waals surface area contributed by atoms with Crippen LogP contribution in [0.15, 0.2) is 43.2 Å². The predicted molar refractivity (Wildman–Crippen MR) is 88.3 cm³/mol. The van der Waals surface area contributed by atoms with E-state index in [-0.39, 0.29) is 5.60 Å². The van der Waals surface area contributed by atoms with Crippen molar-refractivity contribution in [2.75, 3.05) is 11.4 Å². The minimum Gasteiger partial charge on any atom is -0.474 e. The SMILES string of the molecule is C=C(OC(C)(C)C)N(CC)c1cnc(-c2cccnc2)s1. The molecule has 2 rings (SSSR count). The van der Waals surface area contributed by atoms with Crippen molar-refractivity contribution in [1.82, 2.24) is 9.97 Å². The highest BCUT2D eigenvalue weighted by molar-refractivity contribution is 7.19. The molecule has 0 bridgehead atoms. The van der Waals surface area contributed by atoms with Crippen molar-refractivity contribution in [3.8, 4) is 10.6 Å². The van der Waals surface area contributed by atoms with E-state index in [0.29, 0.717) is 5.88 Å². The summed E-state index contributed by atoms with van der Waals surface area (Å²) < 4.78 is 5.86. The largest absolute Gasteiger partial charge is 0.474 e. The Morgan fingerprint density at radius 3 is 2.71 bits per heavy atom. The molecule has 2 aromatic heterocycles. The molecule has 0 aliphatic carbocycles. The number of pyridine rings is 1. The van der Waals surface area contributed by atoms with Crippen LogP contribution in [0.4, 0.5) is 5.00 Å². The molecule has 5 heteroatoms. The lowest BCUT2D eigenvalue weighted by Gasteiger charge is -2.29. The summed E-state index contributed by atoms with van der Waals surface area (Å²) in [5.41, 5.74) is 0.758. The van der Waals surface area contributed by atoms with Gasteiger partial charge in [0.1, 0.15) is 15.6 Å². The summed E-state index contributed by atoms with van der Waals surface area (Å²) in [6.07, 6.45) is 5.43. The van der Waals surface area contributed by atoms with Gasteiger partial charge in [-0.05, 0) is 46.4 Å². The van der Waals surface area contributed by atoms with Crippen LogP contribution in [0.3, 0.4) is 0 Å². The van der Waals surface area contributed by atoms with Crippen molar-refractivity contribution in [3.63, 3.8) is 0 Å². The molecular formula is C16H21N3OS. The zero-order valence-electron chi connectivity index (χ0n) is 13.0. The van der Waals surface area contributed by atoms with Crippen LogP contribution in [0.25, 0.3) is 10.6 Å². The van der Waals surface area contributed by atoms with Crippen molar-refractivity contribution in [2.45, 2.75) is 33.3 Å². The molecule has 0 aliphatic heterocycles. The van der Waals surface area contributed by atoms with E-state index in [0.717, 1.165) is 22.1 Å². The number of rotatable bonds is 5. The van der Waals surface area contributed by atoms with E-state index in [2.05, 4.69) is 23.5 Å². The highest BCUT2D eigenvalue weighted by atomic mass is 32.1. The maximum absolute atomic E-state index is 5.86. The van der Waals surface area contributed by atoms with E-state index < -0.39 is 0 Å². The van der Waals surface area contributed by atoms with Crippen LogP contribution in [0, 0.1) is 0 Å². The number of thiazole rings is 1. The molecule has 0 radical (unpaired) electrons. The summed E-state index contributed by atoms with van der Waals surface area (Å²) >= 11 is 1.61. The van der Waals surface area contributed by atoms with Crippen molar-refractivity contribution < 1.29 is 4.74 Å². The van der Waals surface area contributed by atoms with Crippen LogP contribution in [0.1, 0.15) is 27.7 Å². The molecule has 0 amide bonds. The van der Waals surface area contributed by atoms with Gasteiger partial charge in [0, 0.05) is 24.5 Å². The Morgan fingerprint density at radius 1 is 1.38 bits per heavy atom. The fourth-order valence-electron chi connectivity index (χ4n) is 1.88. The topological polar surface area (TPSA) is 38.2 Å². The Bertz CT molecular complexity index is 601. The molecule has 0 N–H and O–H groups in total. The van der Waals surface area contributed by atoms with Crippen molar-refractivity contribution in [3.05, 3.63) is 43.2 Å². The first-order valence-corrected chi connectivity index (χ1v) is 7.74. The summed E-state index contributed by atoms with van der Waals surface area (Å²) in [5, 5.41) is 1.96. The first-order valence-electron chi connectivity index (χ1n) is 6.92. The van der Waals surface area contributed by atoms with Gasteiger partial charge in [0.05, 0.1) is 6.20 Å². The van der Waals surface area contributed by atoms with E-state index in [1.54, 1.807) is 17.5 Å². The Labute approximate surface area is 130 Å². The summed E-state index contributed by atoms with van der Waals surface area (Å²) in [7, 11) is 0. The number of anilines is 1.